The van der Waals surface area contributed by atoms with Crippen LogP contribution in [0, 0.1) is 0 Å². The van der Waals surface area contributed by atoms with Crippen molar-refractivity contribution in [2.45, 2.75) is 32.2 Å². The Hall–Kier alpha value is -0.870. The molecule has 1 amide bonds. The van der Waals surface area contributed by atoms with Crippen molar-refractivity contribution in [2.75, 3.05) is 20.1 Å². The number of likely N-dealkylation sites (tertiary alicyclic amines) is 1. The Labute approximate surface area is 107 Å². The Bertz CT molecular complexity index is 381. The van der Waals surface area contributed by atoms with Crippen LogP contribution in [0.1, 0.15) is 35.0 Å². The summed E-state index contributed by atoms with van der Waals surface area (Å²) < 4.78 is 0. The molecule has 17 heavy (non-hydrogen) atoms. The van der Waals surface area contributed by atoms with Gasteiger partial charge in [0.15, 0.2) is 0 Å². The summed E-state index contributed by atoms with van der Waals surface area (Å²) in [7, 11) is 2.13. The molecule has 0 aliphatic carbocycles. The zero-order valence-electron chi connectivity index (χ0n) is 10.5. The van der Waals surface area contributed by atoms with E-state index in [0.29, 0.717) is 6.04 Å². The maximum absolute atomic E-state index is 12.0. The quantitative estimate of drug-likeness (QED) is 0.894. The van der Waals surface area contributed by atoms with Crippen molar-refractivity contribution in [1.29, 1.82) is 0 Å². The van der Waals surface area contributed by atoms with Gasteiger partial charge in [-0.05, 0) is 45.5 Å². The van der Waals surface area contributed by atoms with Crippen LogP contribution in [-0.2, 0) is 6.42 Å². The maximum atomic E-state index is 12.0. The van der Waals surface area contributed by atoms with Gasteiger partial charge in [0.25, 0.3) is 5.91 Å². The molecule has 0 radical (unpaired) electrons. The highest BCUT2D eigenvalue weighted by Crippen LogP contribution is 2.16. The van der Waals surface area contributed by atoms with E-state index >= 15 is 0 Å². The molecule has 2 rings (SSSR count). The summed E-state index contributed by atoms with van der Waals surface area (Å²) in [5, 5.41) is 5.10. The molecule has 2 heterocycles. The third-order valence-corrected chi connectivity index (χ3v) is 4.40. The lowest BCUT2D eigenvalue weighted by atomic mass is 10.1. The van der Waals surface area contributed by atoms with Crippen LogP contribution in [0.25, 0.3) is 0 Å². The molecule has 1 aromatic heterocycles. The highest BCUT2D eigenvalue weighted by molar-refractivity contribution is 7.10. The molecule has 1 N–H and O–H groups in total. The van der Waals surface area contributed by atoms with Crippen molar-refractivity contribution < 1.29 is 4.79 Å². The standard InChI is InChI=1S/C13H20N2OS/c1-3-12-8-10(9-17-12)13(16)14-11-4-6-15(2)7-5-11/h8-9,11H,3-7H2,1-2H3,(H,14,16). The van der Waals surface area contributed by atoms with Gasteiger partial charge in [0.2, 0.25) is 0 Å². The molecule has 94 valence electrons. The fourth-order valence-electron chi connectivity index (χ4n) is 2.11. The fourth-order valence-corrected chi connectivity index (χ4v) is 2.92. The molecule has 1 aliphatic rings. The van der Waals surface area contributed by atoms with E-state index in [1.165, 1.54) is 4.88 Å². The minimum Gasteiger partial charge on any atom is -0.349 e. The monoisotopic (exact) mass is 252 g/mol. The zero-order valence-corrected chi connectivity index (χ0v) is 11.3. The number of nitrogens with zero attached hydrogens (tertiary/aromatic N) is 1. The van der Waals surface area contributed by atoms with Crippen LogP contribution in [0.4, 0.5) is 0 Å². The van der Waals surface area contributed by atoms with Crippen molar-refractivity contribution in [1.82, 2.24) is 10.2 Å². The molecule has 0 unspecified atom stereocenters. The van der Waals surface area contributed by atoms with E-state index in [2.05, 4.69) is 24.2 Å². The molecule has 1 aromatic rings. The average molecular weight is 252 g/mol. The van der Waals surface area contributed by atoms with Crippen LogP contribution in [0.2, 0.25) is 0 Å². The molecule has 0 aromatic carbocycles. The molecule has 1 fully saturated rings. The molecular weight excluding hydrogens is 232 g/mol. The number of thiophene rings is 1. The van der Waals surface area contributed by atoms with E-state index in [4.69, 9.17) is 0 Å². The highest BCUT2D eigenvalue weighted by atomic mass is 32.1. The molecule has 0 bridgehead atoms. The van der Waals surface area contributed by atoms with Gasteiger partial charge in [-0.1, -0.05) is 6.92 Å². The third kappa shape index (κ3) is 3.30. The van der Waals surface area contributed by atoms with E-state index < -0.39 is 0 Å². The number of carbonyl (C=O) groups excluding carboxylic acids is 1. The Morgan fingerprint density at radius 1 is 1.53 bits per heavy atom. The van der Waals surface area contributed by atoms with Crippen molar-refractivity contribution in [2.24, 2.45) is 0 Å². The molecule has 0 atom stereocenters. The van der Waals surface area contributed by atoms with Gasteiger partial charge in [-0.3, -0.25) is 4.79 Å². The number of piperidine rings is 1. The molecule has 3 nitrogen and oxygen atoms in total. The molecular formula is C13H20N2OS. The number of amides is 1. The summed E-state index contributed by atoms with van der Waals surface area (Å²) in [6.45, 7) is 4.27. The van der Waals surface area contributed by atoms with E-state index in [1.807, 2.05) is 11.4 Å². The normalized spacial score (nSPS) is 18.2. The van der Waals surface area contributed by atoms with E-state index in [9.17, 15) is 4.79 Å². The number of hydrogen-bond donors (Lipinski definition) is 1. The molecule has 4 heteroatoms. The smallest absolute Gasteiger partial charge is 0.252 e. The third-order valence-electron chi connectivity index (χ3n) is 3.32. The Morgan fingerprint density at radius 3 is 2.82 bits per heavy atom. The Morgan fingerprint density at radius 2 is 2.24 bits per heavy atom. The first-order chi connectivity index (χ1) is 8.19. The van der Waals surface area contributed by atoms with E-state index in [0.717, 1.165) is 37.9 Å². The largest absolute Gasteiger partial charge is 0.349 e. The summed E-state index contributed by atoms with van der Waals surface area (Å²) in [6.07, 6.45) is 3.13. The van der Waals surface area contributed by atoms with Gasteiger partial charge in [0, 0.05) is 16.3 Å². The summed E-state index contributed by atoms with van der Waals surface area (Å²) in [6, 6.07) is 2.36. The van der Waals surface area contributed by atoms with Crippen molar-refractivity contribution in [3.63, 3.8) is 0 Å². The van der Waals surface area contributed by atoms with Crippen LogP contribution in [0.3, 0.4) is 0 Å². The van der Waals surface area contributed by atoms with Gasteiger partial charge in [0.1, 0.15) is 0 Å². The van der Waals surface area contributed by atoms with Crippen LogP contribution >= 0.6 is 11.3 Å². The van der Waals surface area contributed by atoms with Crippen molar-refractivity contribution in [3.8, 4) is 0 Å². The molecule has 1 aliphatic heterocycles. The predicted octanol–water partition coefficient (Wildman–Crippen LogP) is 2.13. The summed E-state index contributed by atoms with van der Waals surface area (Å²) in [5.74, 6) is 0.0931. The molecule has 1 saturated heterocycles. The van der Waals surface area contributed by atoms with Gasteiger partial charge in [0.05, 0.1) is 5.56 Å². The van der Waals surface area contributed by atoms with Crippen LogP contribution in [0.5, 0.6) is 0 Å². The summed E-state index contributed by atoms with van der Waals surface area (Å²) in [5.41, 5.74) is 0.825. The van der Waals surface area contributed by atoms with E-state index in [-0.39, 0.29) is 5.91 Å². The van der Waals surface area contributed by atoms with Crippen LogP contribution < -0.4 is 5.32 Å². The second kappa shape index (κ2) is 5.65. The highest BCUT2D eigenvalue weighted by Gasteiger charge is 2.19. The zero-order chi connectivity index (χ0) is 12.3. The second-order valence-electron chi connectivity index (χ2n) is 4.71. The lowest BCUT2D eigenvalue weighted by Crippen LogP contribution is -2.43. The average Bonchev–Trinajstić information content (AvgIpc) is 2.81. The van der Waals surface area contributed by atoms with Gasteiger partial charge < -0.3 is 10.2 Å². The first kappa shape index (κ1) is 12.6. The SMILES string of the molecule is CCc1cc(C(=O)NC2CCN(C)CC2)cs1. The number of carbonyl (C=O) groups is 1. The molecule has 0 spiro atoms. The van der Waals surface area contributed by atoms with Gasteiger partial charge in [-0.2, -0.15) is 0 Å². The Balaban J connectivity index is 1.88. The van der Waals surface area contributed by atoms with Crippen LogP contribution in [-0.4, -0.2) is 37.0 Å². The van der Waals surface area contributed by atoms with E-state index in [1.54, 1.807) is 11.3 Å². The van der Waals surface area contributed by atoms with Gasteiger partial charge >= 0.3 is 0 Å². The first-order valence-electron chi connectivity index (χ1n) is 6.26. The minimum atomic E-state index is 0.0931. The number of aryl methyl sites for hydroxylation is 1. The van der Waals surface area contributed by atoms with Crippen LogP contribution in [0.15, 0.2) is 11.4 Å². The molecule has 0 saturated carbocycles. The topological polar surface area (TPSA) is 32.3 Å². The van der Waals surface area contributed by atoms with Gasteiger partial charge in [-0.15, -0.1) is 11.3 Å². The van der Waals surface area contributed by atoms with Crippen molar-refractivity contribution >= 4 is 17.2 Å². The number of hydrogen-bond acceptors (Lipinski definition) is 3. The summed E-state index contributed by atoms with van der Waals surface area (Å²) >= 11 is 1.67. The number of nitrogens with one attached hydrogen (secondary N) is 1. The second-order valence-corrected chi connectivity index (χ2v) is 5.70. The predicted molar refractivity (Wildman–Crippen MR) is 71.7 cm³/mol. The minimum absolute atomic E-state index is 0.0931. The lowest BCUT2D eigenvalue weighted by molar-refractivity contribution is 0.0917. The Kier molecular flexibility index (Phi) is 4.18. The van der Waals surface area contributed by atoms with Crippen molar-refractivity contribution in [3.05, 3.63) is 21.9 Å². The lowest BCUT2D eigenvalue weighted by Gasteiger charge is -2.29. The maximum Gasteiger partial charge on any atom is 0.252 e. The summed E-state index contributed by atoms with van der Waals surface area (Å²) in [4.78, 5) is 15.6. The number of rotatable bonds is 3. The van der Waals surface area contributed by atoms with Gasteiger partial charge in [-0.25, -0.2) is 0 Å². The first-order valence-corrected chi connectivity index (χ1v) is 7.14. The fraction of sp³-hybridized carbons (Fsp3) is 0.615.